The average Bonchev–Trinajstić information content (AvgIpc) is 3.30. The summed E-state index contributed by atoms with van der Waals surface area (Å²) in [5, 5.41) is 3.39. The fourth-order valence-electron chi connectivity index (χ4n) is 4.43. The summed E-state index contributed by atoms with van der Waals surface area (Å²) in [7, 11) is 0. The van der Waals surface area contributed by atoms with E-state index in [2.05, 4.69) is 17.1 Å². The standard InChI is InChI=1S/C19H26FN3O2/c1-2-21-19(22-8-9-24-14-5-3-4-13(20)10-14)23-11-15-16(12-23)18-7-6-17(15)25-18/h3-5,10,15-18H,2,6-9,11-12H2,1H3,(H,21,22). The summed E-state index contributed by atoms with van der Waals surface area (Å²) >= 11 is 0. The molecule has 136 valence electrons. The summed E-state index contributed by atoms with van der Waals surface area (Å²) in [6, 6.07) is 6.22. The number of aliphatic imine (C=N–C) groups is 1. The molecule has 1 N–H and O–H groups in total. The van der Waals surface area contributed by atoms with Crippen LogP contribution in [0.25, 0.3) is 0 Å². The number of likely N-dealkylation sites (tertiary alicyclic amines) is 1. The maximum atomic E-state index is 13.2. The van der Waals surface area contributed by atoms with Gasteiger partial charge in [0.25, 0.3) is 0 Å². The Hall–Kier alpha value is -1.82. The molecule has 0 radical (unpaired) electrons. The number of nitrogens with one attached hydrogen (secondary N) is 1. The van der Waals surface area contributed by atoms with Gasteiger partial charge in [-0.2, -0.15) is 0 Å². The zero-order valence-corrected chi connectivity index (χ0v) is 14.7. The van der Waals surface area contributed by atoms with Crippen LogP contribution in [-0.4, -0.2) is 55.9 Å². The van der Waals surface area contributed by atoms with E-state index in [0.717, 1.165) is 25.6 Å². The van der Waals surface area contributed by atoms with Crippen LogP contribution in [0.2, 0.25) is 0 Å². The van der Waals surface area contributed by atoms with E-state index in [4.69, 9.17) is 14.5 Å². The molecule has 0 aliphatic carbocycles. The summed E-state index contributed by atoms with van der Waals surface area (Å²) < 4.78 is 24.8. The van der Waals surface area contributed by atoms with E-state index in [1.807, 2.05) is 0 Å². The van der Waals surface area contributed by atoms with Crippen LogP contribution in [0.3, 0.4) is 0 Å². The molecular weight excluding hydrogens is 321 g/mol. The topological polar surface area (TPSA) is 46.1 Å². The van der Waals surface area contributed by atoms with Gasteiger partial charge in [0.1, 0.15) is 18.2 Å². The lowest BCUT2D eigenvalue weighted by atomic mass is 9.82. The molecule has 3 fully saturated rings. The molecule has 4 rings (SSSR count). The van der Waals surface area contributed by atoms with E-state index in [9.17, 15) is 4.39 Å². The van der Waals surface area contributed by atoms with Crippen LogP contribution in [0, 0.1) is 17.7 Å². The van der Waals surface area contributed by atoms with Gasteiger partial charge in [-0.25, -0.2) is 9.38 Å². The number of nitrogens with zero attached hydrogens (tertiary/aromatic N) is 2. The minimum Gasteiger partial charge on any atom is -0.492 e. The zero-order valence-electron chi connectivity index (χ0n) is 14.7. The van der Waals surface area contributed by atoms with Gasteiger partial charge in [0.05, 0.1) is 18.8 Å². The largest absolute Gasteiger partial charge is 0.492 e. The van der Waals surface area contributed by atoms with Gasteiger partial charge >= 0.3 is 0 Å². The number of hydrogen-bond acceptors (Lipinski definition) is 3. The van der Waals surface area contributed by atoms with Gasteiger partial charge in [-0.05, 0) is 31.9 Å². The van der Waals surface area contributed by atoms with Gasteiger partial charge in [0.2, 0.25) is 0 Å². The second-order valence-corrected chi connectivity index (χ2v) is 7.06. The highest BCUT2D eigenvalue weighted by Gasteiger charge is 2.53. The van der Waals surface area contributed by atoms with E-state index < -0.39 is 0 Å². The smallest absolute Gasteiger partial charge is 0.194 e. The molecule has 3 aliphatic heterocycles. The predicted octanol–water partition coefficient (Wildman–Crippen LogP) is 2.28. The summed E-state index contributed by atoms with van der Waals surface area (Å²) in [5.74, 6) is 2.54. The first-order valence-electron chi connectivity index (χ1n) is 9.31. The maximum Gasteiger partial charge on any atom is 0.194 e. The van der Waals surface area contributed by atoms with Crippen molar-refractivity contribution in [3.63, 3.8) is 0 Å². The fraction of sp³-hybridized carbons (Fsp3) is 0.632. The highest BCUT2D eigenvalue weighted by atomic mass is 19.1. The molecule has 0 aromatic heterocycles. The molecular formula is C19H26FN3O2. The highest BCUT2D eigenvalue weighted by Crippen LogP contribution is 2.47. The molecule has 25 heavy (non-hydrogen) atoms. The number of fused-ring (bicyclic) bond motifs is 5. The van der Waals surface area contributed by atoms with Gasteiger partial charge in [-0.3, -0.25) is 0 Å². The molecule has 1 aromatic carbocycles. The number of benzene rings is 1. The molecule has 2 bridgehead atoms. The first-order valence-corrected chi connectivity index (χ1v) is 9.31. The van der Waals surface area contributed by atoms with Crippen molar-refractivity contribution < 1.29 is 13.9 Å². The number of guanidine groups is 1. The average molecular weight is 347 g/mol. The molecule has 3 heterocycles. The lowest BCUT2D eigenvalue weighted by molar-refractivity contribution is 0.0767. The van der Waals surface area contributed by atoms with Crippen LogP contribution in [-0.2, 0) is 4.74 Å². The van der Waals surface area contributed by atoms with Crippen molar-refractivity contribution in [1.29, 1.82) is 0 Å². The Morgan fingerprint density at radius 3 is 2.76 bits per heavy atom. The molecule has 1 aromatic rings. The second kappa shape index (κ2) is 7.20. The van der Waals surface area contributed by atoms with E-state index in [-0.39, 0.29) is 5.82 Å². The van der Waals surface area contributed by atoms with E-state index in [1.54, 1.807) is 12.1 Å². The number of hydrogen-bond donors (Lipinski definition) is 1. The first kappa shape index (κ1) is 16.6. The van der Waals surface area contributed by atoms with Gasteiger partial charge < -0.3 is 19.7 Å². The summed E-state index contributed by atoms with van der Waals surface area (Å²) in [5.41, 5.74) is 0. The Kier molecular flexibility index (Phi) is 4.79. The predicted molar refractivity (Wildman–Crippen MR) is 94.3 cm³/mol. The van der Waals surface area contributed by atoms with Crippen LogP contribution >= 0.6 is 0 Å². The highest BCUT2D eigenvalue weighted by molar-refractivity contribution is 5.80. The summed E-state index contributed by atoms with van der Waals surface area (Å²) in [6.45, 7) is 5.98. The van der Waals surface area contributed by atoms with Gasteiger partial charge in [-0.1, -0.05) is 6.07 Å². The Labute approximate surface area is 148 Å². The zero-order chi connectivity index (χ0) is 17.2. The Morgan fingerprint density at radius 2 is 2.08 bits per heavy atom. The number of halogens is 1. The first-order chi connectivity index (χ1) is 12.2. The molecule has 4 unspecified atom stereocenters. The summed E-state index contributed by atoms with van der Waals surface area (Å²) in [6.07, 6.45) is 3.35. The van der Waals surface area contributed by atoms with Crippen LogP contribution in [0.1, 0.15) is 19.8 Å². The van der Waals surface area contributed by atoms with Gasteiger partial charge in [0, 0.05) is 37.5 Å². The van der Waals surface area contributed by atoms with Crippen LogP contribution < -0.4 is 10.1 Å². The molecule has 6 heteroatoms. The van der Waals surface area contributed by atoms with Crippen LogP contribution in [0.15, 0.2) is 29.3 Å². The van der Waals surface area contributed by atoms with Crippen molar-refractivity contribution in [3.05, 3.63) is 30.1 Å². The normalized spacial score (nSPS) is 30.6. The van der Waals surface area contributed by atoms with Crippen molar-refractivity contribution in [3.8, 4) is 5.75 Å². The number of rotatable bonds is 5. The van der Waals surface area contributed by atoms with Crippen molar-refractivity contribution >= 4 is 5.96 Å². The minimum absolute atomic E-state index is 0.283. The SMILES string of the molecule is CCNC(=NCCOc1cccc(F)c1)N1CC2C3CCC(O3)C2C1. The quantitative estimate of drug-likeness (QED) is 0.504. The van der Waals surface area contributed by atoms with Crippen molar-refractivity contribution in [2.24, 2.45) is 16.8 Å². The van der Waals surface area contributed by atoms with E-state index >= 15 is 0 Å². The number of ether oxygens (including phenoxy) is 2. The molecule has 3 saturated heterocycles. The van der Waals surface area contributed by atoms with Crippen molar-refractivity contribution in [1.82, 2.24) is 10.2 Å². The summed E-state index contributed by atoms with van der Waals surface area (Å²) in [4.78, 5) is 7.07. The molecule has 0 saturated carbocycles. The minimum atomic E-state index is -0.283. The maximum absolute atomic E-state index is 13.2. The third-order valence-corrected chi connectivity index (χ3v) is 5.50. The Morgan fingerprint density at radius 1 is 1.32 bits per heavy atom. The van der Waals surface area contributed by atoms with Crippen LogP contribution in [0.5, 0.6) is 5.75 Å². The molecule has 5 nitrogen and oxygen atoms in total. The third-order valence-electron chi connectivity index (χ3n) is 5.50. The fourth-order valence-corrected chi connectivity index (χ4v) is 4.43. The van der Waals surface area contributed by atoms with Gasteiger partial charge in [-0.15, -0.1) is 0 Å². The van der Waals surface area contributed by atoms with Crippen molar-refractivity contribution in [2.75, 3.05) is 32.8 Å². The lowest BCUT2D eigenvalue weighted by Crippen LogP contribution is -2.41. The lowest BCUT2D eigenvalue weighted by Gasteiger charge is -2.23. The molecule has 4 atom stereocenters. The monoisotopic (exact) mass is 347 g/mol. The van der Waals surface area contributed by atoms with E-state index in [0.29, 0.717) is 42.9 Å². The van der Waals surface area contributed by atoms with Gasteiger partial charge in [0.15, 0.2) is 5.96 Å². The molecule has 3 aliphatic rings. The Bertz CT molecular complexity index is 621. The second-order valence-electron chi connectivity index (χ2n) is 7.06. The molecule has 0 amide bonds. The molecule has 0 spiro atoms. The van der Waals surface area contributed by atoms with Crippen molar-refractivity contribution in [2.45, 2.75) is 32.0 Å². The Balaban J connectivity index is 1.32. The van der Waals surface area contributed by atoms with Crippen LogP contribution in [0.4, 0.5) is 4.39 Å². The third kappa shape index (κ3) is 3.45. The van der Waals surface area contributed by atoms with E-state index in [1.165, 1.54) is 25.0 Å².